The third-order valence-electron chi connectivity index (χ3n) is 4.62. The van der Waals surface area contributed by atoms with Crippen molar-refractivity contribution in [3.05, 3.63) is 58.6 Å². The number of anilines is 1. The monoisotopic (exact) mass is 401 g/mol. The van der Waals surface area contributed by atoms with Gasteiger partial charge in [0.15, 0.2) is 12.4 Å². The van der Waals surface area contributed by atoms with E-state index in [0.29, 0.717) is 16.3 Å². The van der Waals surface area contributed by atoms with Crippen molar-refractivity contribution >= 4 is 34.9 Å². The molecule has 0 radical (unpaired) electrons. The van der Waals surface area contributed by atoms with Gasteiger partial charge in [-0.05, 0) is 37.3 Å². The Hall–Kier alpha value is -2.86. The SMILES string of the molecule is COc1ccc(C(=O)COC(=O)C2CC(=O)N(c3ccc(C)cc3)C2)cc1Cl. The highest BCUT2D eigenvalue weighted by Crippen LogP contribution is 2.27. The maximum atomic E-state index is 12.3. The number of Topliss-reactive ketones (excluding diaryl/α,β-unsaturated/α-hetero) is 1. The van der Waals surface area contributed by atoms with E-state index in [1.165, 1.54) is 13.2 Å². The highest BCUT2D eigenvalue weighted by Gasteiger charge is 2.36. The molecule has 1 unspecified atom stereocenters. The van der Waals surface area contributed by atoms with Crippen LogP contribution >= 0.6 is 11.6 Å². The van der Waals surface area contributed by atoms with Crippen molar-refractivity contribution in [1.29, 1.82) is 0 Å². The molecule has 7 heteroatoms. The van der Waals surface area contributed by atoms with E-state index in [9.17, 15) is 14.4 Å². The molecule has 1 saturated heterocycles. The molecule has 2 aromatic rings. The summed E-state index contributed by atoms with van der Waals surface area (Å²) in [5, 5.41) is 0.301. The molecule has 0 aromatic heterocycles. The number of halogens is 1. The minimum atomic E-state index is -0.596. The lowest BCUT2D eigenvalue weighted by atomic mass is 10.1. The van der Waals surface area contributed by atoms with E-state index >= 15 is 0 Å². The molecule has 28 heavy (non-hydrogen) atoms. The molecule has 1 heterocycles. The molecule has 2 aromatic carbocycles. The second-order valence-corrected chi connectivity index (χ2v) is 7.03. The van der Waals surface area contributed by atoms with Crippen molar-refractivity contribution < 1.29 is 23.9 Å². The van der Waals surface area contributed by atoms with Crippen LogP contribution in [0.1, 0.15) is 22.3 Å². The third-order valence-corrected chi connectivity index (χ3v) is 4.92. The molecule has 0 spiro atoms. The van der Waals surface area contributed by atoms with E-state index in [1.54, 1.807) is 17.0 Å². The van der Waals surface area contributed by atoms with Crippen molar-refractivity contribution in [3.8, 4) is 5.75 Å². The van der Waals surface area contributed by atoms with Crippen LogP contribution in [0.15, 0.2) is 42.5 Å². The number of benzene rings is 2. The van der Waals surface area contributed by atoms with Gasteiger partial charge >= 0.3 is 5.97 Å². The summed E-state index contributed by atoms with van der Waals surface area (Å²) in [5.41, 5.74) is 2.15. The highest BCUT2D eigenvalue weighted by atomic mass is 35.5. The molecule has 1 amide bonds. The van der Waals surface area contributed by atoms with Gasteiger partial charge in [0.25, 0.3) is 0 Å². The van der Waals surface area contributed by atoms with Crippen molar-refractivity contribution in [1.82, 2.24) is 0 Å². The molecule has 1 fully saturated rings. The van der Waals surface area contributed by atoms with Gasteiger partial charge in [0.2, 0.25) is 5.91 Å². The Morgan fingerprint density at radius 3 is 2.54 bits per heavy atom. The quantitative estimate of drug-likeness (QED) is 0.547. The van der Waals surface area contributed by atoms with Crippen LogP contribution in [0.2, 0.25) is 5.02 Å². The molecule has 0 bridgehead atoms. The van der Waals surface area contributed by atoms with Crippen molar-refractivity contribution in [3.63, 3.8) is 0 Å². The Bertz CT molecular complexity index is 910. The highest BCUT2D eigenvalue weighted by molar-refractivity contribution is 6.32. The van der Waals surface area contributed by atoms with Gasteiger partial charge in [-0.2, -0.15) is 0 Å². The zero-order valence-electron chi connectivity index (χ0n) is 15.6. The summed E-state index contributed by atoms with van der Waals surface area (Å²) in [6.45, 7) is 1.79. The maximum absolute atomic E-state index is 12.3. The first kappa shape index (κ1) is 19.9. The zero-order valence-corrected chi connectivity index (χ0v) is 16.4. The molecule has 0 aliphatic carbocycles. The third kappa shape index (κ3) is 4.34. The predicted octanol–water partition coefficient (Wildman–Crippen LogP) is 3.44. The average Bonchev–Trinajstić information content (AvgIpc) is 3.08. The number of ether oxygens (including phenoxy) is 2. The Morgan fingerprint density at radius 2 is 1.89 bits per heavy atom. The van der Waals surface area contributed by atoms with Crippen LogP contribution in [0.3, 0.4) is 0 Å². The van der Waals surface area contributed by atoms with Gasteiger partial charge in [-0.1, -0.05) is 29.3 Å². The molecular weight excluding hydrogens is 382 g/mol. The van der Waals surface area contributed by atoms with Gasteiger partial charge in [0, 0.05) is 24.2 Å². The molecule has 0 saturated carbocycles. The largest absolute Gasteiger partial charge is 0.495 e. The second-order valence-electron chi connectivity index (χ2n) is 6.62. The molecule has 146 valence electrons. The number of hydrogen-bond donors (Lipinski definition) is 0. The summed E-state index contributed by atoms with van der Waals surface area (Å²) >= 11 is 6.01. The number of carbonyl (C=O) groups excluding carboxylic acids is 3. The van der Waals surface area contributed by atoms with Gasteiger partial charge in [-0.25, -0.2) is 0 Å². The van der Waals surface area contributed by atoms with Crippen LogP contribution in [0.4, 0.5) is 5.69 Å². The zero-order chi connectivity index (χ0) is 20.3. The Balaban J connectivity index is 1.58. The number of rotatable bonds is 6. The summed E-state index contributed by atoms with van der Waals surface area (Å²) in [6, 6.07) is 12.1. The van der Waals surface area contributed by atoms with Crippen molar-refractivity contribution in [2.45, 2.75) is 13.3 Å². The molecule has 1 atom stereocenters. The van der Waals surface area contributed by atoms with Crippen LogP contribution in [-0.4, -0.2) is 37.9 Å². The van der Waals surface area contributed by atoms with E-state index in [4.69, 9.17) is 21.1 Å². The molecule has 3 rings (SSSR count). The van der Waals surface area contributed by atoms with E-state index in [2.05, 4.69) is 0 Å². The lowest BCUT2D eigenvalue weighted by Gasteiger charge is -2.16. The first-order valence-electron chi connectivity index (χ1n) is 8.79. The number of aryl methyl sites for hydroxylation is 1. The Labute approximate surface area is 168 Å². The molecule has 1 aliphatic rings. The first-order valence-corrected chi connectivity index (χ1v) is 9.17. The number of esters is 1. The van der Waals surface area contributed by atoms with E-state index in [0.717, 1.165) is 11.3 Å². The lowest BCUT2D eigenvalue weighted by Crippen LogP contribution is -2.27. The average molecular weight is 402 g/mol. The van der Waals surface area contributed by atoms with E-state index < -0.39 is 18.5 Å². The van der Waals surface area contributed by atoms with Crippen LogP contribution < -0.4 is 9.64 Å². The number of methoxy groups -OCH3 is 1. The summed E-state index contributed by atoms with van der Waals surface area (Å²) < 4.78 is 10.2. The maximum Gasteiger partial charge on any atom is 0.311 e. The lowest BCUT2D eigenvalue weighted by molar-refractivity contribution is -0.147. The van der Waals surface area contributed by atoms with Gasteiger partial charge < -0.3 is 14.4 Å². The van der Waals surface area contributed by atoms with E-state index in [-0.39, 0.29) is 24.7 Å². The van der Waals surface area contributed by atoms with Gasteiger partial charge in [-0.3, -0.25) is 14.4 Å². The van der Waals surface area contributed by atoms with Crippen LogP contribution in [0, 0.1) is 12.8 Å². The normalized spacial score (nSPS) is 16.2. The Morgan fingerprint density at radius 1 is 1.18 bits per heavy atom. The van der Waals surface area contributed by atoms with Gasteiger partial charge in [0.1, 0.15) is 5.75 Å². The first-order chi connectivity index (χ1) is 13.4. The number of amides is 1. The topological polar surface area (TPSA) is 72.9 Å². The fourth-order valence-electron chi connectivity index (χ4n) is 3.02. The molecular formula is C21H20ClNO5. The summed E-state index contributed by atoms with van der Waals surface area (Å²) in [7, 11) is 1.48. The number of ketones is 1. The summed E-state index contributed by atoms with van der Waals surface area (Å²) in [4.78, 5) is 38.4. The second kappa shape index (κ2) is 8.44. The number of nitrogens with zero attached hydrogens (tertiary/aromatic N) is 1. The van der Waals surface area contributed by atoms with Gasteiger partial charge in [-0.15, -0.1) is 0 Å². The fourth-order valence-corrected chi connectivity index (χ4v) is 3.28. The molecule has 0 N–H and O–H groups in total. The van der Waals surface area contributed by atoms with Gasteiger partial charge in [0.05, 0.1) is 18.1 Å². The Kier molecular flexibility index (Phi) is 5.99. The van der Waals surface area contributed by atoms with Crippen molar-refractivity contribution in [2.75, 3.05) is 25.2 Å². The van der Waals surface area contributed by atoms with Crippen LogP contribution in [-0.2, 0) is 14.3 Å². The predicted molar refractivity (Wildman–Crippen MR) is 105 cm³/mol. The minimum Gasteiger partial charge on any atom is -0.495 e. The van der Waals surface area contributed by atoms with Crippen molar-refractivity contribution in [2.24, 2.45) is 5.92 Å². The van der Waals surface area contributed by atoms with E-state index in [1.807, 2.05) is 31.2 Å². The number of hydrogen-bond acceptors (Lipinski definition) is 5. The standard InChI is InChI=1S/C21H20ClNO5/c1-13-3-6-16(7-4-13)23-11-15(10-20(23)25)21(26)28-12-18(24)14-5-8-19(27-2)17(22)9-14/h3-9,15H,10-12H2,1-2H3. The molecule has 6 nitrogen and oxygen atoms in total. The smallest absolute Gasteiger partial charge is 0.311 e. The molecule has 1 aliphatic heterocycles. The van der Waals surface area contributed by atoms with Crippen LogP contribution in [0.5, 0.6) is 5.75 Å². The summed E-state index contributed by atoms with van der Waals surface area (Å²) in [5.74, 6) is -1.22. The fraction of sp³-hybridized carbons (Fsp3) is 0.286. The number of carbonyl (C=O) groups is 3. The van der Waals surface area contributed by atoms with Crippen LogP contribution in [0.25, 0.3) is 0 Å². The minimum absolute atomic E-state index is 0.0647. The summed E-state index contributed by atoms with van der Waals surface area (Å²) in [6.07, 6.45) is 0.0647.